The third-order valence-corrected chi connectivity index (χ3v) is 8.18. The number of allylic oxidation sites excluding steroid dienone is 7. The zero-order chi connectivity index (χ0) is 29.1. The van der Waals surface area contributed by atoms with Crippen LogP contribution in [0.2, 0.25) is 0 Å². The lowest BCUT2D eigenvalue weighted by molar-refractivity contribution is -0.144. The zero-order valence-corrected chi connectivity index (χ0v) is 24.6. The predicted molar refractivity (Wildman–Crippen MR) is 160 cm³/mol. The Morgan fingerprint density at radius 3 is 2.68 bits per heavy atom. The van der Waals surface area contributed by atoms with Gasteiger partial charge < -0.3 is 19.9 Å². The van der Waals surface area contributed by atoms with Crippen LogP contribution in [0, 0.1) is 11.8 Å². The quantitative estimate of drug-likeness (QED) is 0.392. The SMILES string of the molecule is CC1CC2=C(CCCN2C(=O)Nc2ccccc2)C(C(COC(C)(C)C)C(=O)O)=C1C1=CC=CC2OCCCC2=C1. The molecule has 7 nitrogen and oxygen atoms in total. The van der Waals surface area contributed by atoms with Crippen LogP contribution in [-0.2, 0) is 14.3 Å². The van der Waals surface area contributed by atoms with Crippen molar-refractivity contribution in [3.63, 3.8) is 0 Å². The van der Waals surface area contributed by atoms with Gasteiger partial charge in [-0.25, -0.2) is 4.79 Å². The second-order valence-electron chi connectivity index (χ2n) is 12.3. The van der Waals surface area contributed by atoms with Gasteiger partial charge in [-0.2, -0.15) is 0 Å². The van der Waals surface area contributed by atoms with Gasteiger partial charge in [-0.1, -0.05) is 49.4 Å². The average molecular weight is 559 g/mol. The summed E-state index contributed by atoms with van der Waals surface area (Å²) in [6.45, 7) is 9.37. The first-order valence-electron chi connectivity index (χ1n) is 14.8. The average Bonchev–Trinajstić information content (AvgIpc) is 3.15. The van der Waals surface area contributed by atoms with Crippen LogP contribution in [-0.4, -0.2) is 53.5 Å². The van der Waals surface area contributed by atoms with E-state index in [-0.39, 0.29) is 24.7 Å². The van der Waals surface area contributed by atoms with Gasteiger partial charge in [-0.05, 0) is 98.8 Å². The van der Waals surface area contributed by atoms with Gasteiger partial charge in [0, 0.05) is 24.5 Å². The van der Waals surface area contributed by atoms with Crippen LogP contribution in [0.25, 0.3) is 0 Å². The topological polar surface area (TPSA) is 88.1 Å². The molecule has 2 N–H and O–H groups in total. The van der Waals surface area contributed by atoms with Gasteiger partial charge in [0.2, 0.25) is 0 Å². The maximum atomic E-state index is 13.6. The van der Waals surface area contributed by atoms with E-state index in [1.165, 1.54) is 5.57 Å². The molecular weight excluding hydrogens is 516 g/mol. The molecule has 1 aromatic rings. The number of carbonyl (C=O) groups is 2. The second kappa shape index (κ2) is 12.2. The minimum atomic E-state index is -0.912. The third kappa shape index (κ3) is 6.57. The number of rotatable bonds is 6. The summed E-state index contributed by atoms with van der Waals surface area (Å²) >= 11 is 0. The van der Waals surface area contributed by atoms with Crippen LogP contribution in [0.4, 0.5) is 10.5 Å². The molecule has 0 radical (unpaired) electrons. The van der Waals surface area contributed by atoms with Crippen molar-refractivity contribution >= 4 is 17.7 Å². The molecule has 1 aromatic carbocycles. The Morgan fingerprint density at radius 1 is 1.17 bits per heavy atom. The Bertz CT molecular complexity index is 1330. The lowest BCUT2D eigenvalue weighted by Crippen LogP contribution is -2.41. The van der Waals surface area contributed by atoms with Crippen LogP contribution in [0.1, 0.15) is 59.8 Å². The molecule has 0 spiro atoms. The Kier molecular flexibility index (Phi) is 8.66. The van der Waals surface area contributed by atoms with Gasteiger partial charge in [0.15, 0.2) is 0 Å². The molecule has 1 saturated heterocycles. The Balaban J connectivity index is 1.63. The summed E-state index contributed by atoms with van der Waals surface area (Å²) in [6, 6.07) is 9.26. The van der Waals surface area contributed by atoms with Gasteiger partial charge in [-0.15, -0.1) is 0 Å². The molecule has 5 rings (SSSR count). The molecule has 41 heavy (non-hydrogen) atoms. The maximum Gasteiger partial charge on any atom is 0.326 e. The van der Waals surface area contributed by atoms with E-state index in [1.807, 2.05) is 62.1 Å². The lowest BCUT2D eigenvalue weighted by atomic mass is 9.71. The van der Waals surface area contributed by atoms with Gasteiger partial charge in [-0.3, -0.25) is 9.69 Å². The number of nitrogens with one attached hydrogen (secondary N) is 1. The molecule has 0 aromatic heterocycles. The van der Waals surface area contributed by atoms with E-state index in [0.717, 1.165) is 66.0 Å². The highest BCUT2D eigenvalue weighted by molar-refractivity contribution is 5.91. The number of amides is 2. The number of hydrogen-bond acceptors (Lipinski definition) is 4. The lowest BCUT2D eigenvalue weighted by Gasteiger charge is -2.41. The molecule has 4 aliphatic rings. The number of anilines is 1. The molecule has 3 atom stereocenters. The minimum absolute atomic E-state index is 0.00270. The number of fused-ring (bicyclic) bond motifs is 1. The zero-order valence-electron chi connectivity index (χ0n) is 24.6. The highest BCUT2D eigenvalue weighted by atomic mass is 16.5. The Hall–Kier alpha value is -3.42. The van der Waals surface area contributed by atoms with E-state index >= 15 is 0 Å². The summed E-state index contributed by atoms with van der Waals surface area (Å²) < 4.78 is 12.1. The molecule has 2 heterocycles. The molecule has 2 aliphatic carbocycles. The van der Waals surface area contributed by atoms with Crippen LogP contribution >= 0.6 is 0 Å². The van der Waals surface area contributed by atoms with E-state index < -0.39 is 17.5 Å². The number of hydrogen-bond donors (Lipinski definition) is 2. The minimum Gasteiger partial charge on any atom is -0.481 e. The van der Waals surface area contributed by atoms with E-state index in [2.05, 4.69) is 30.5 Å². The summed E-state index contributed by atoms with van der Waals surface area (Å²) in [5, 5.41) is 13.7. The number of para-hydroxylation sites is 1. The number of carbonyl (C=O) groups excluding carboxylic acids is 1. The summed E-state index contributed by atoms with van der Waals surface area (Å²) in [6.07, 6.45) is 12.5. The standard InChI is InChI=1S/C34H42N2O5/c1-22-19-28-26(15-9-17-36(28)33(39)35-25-13-6-5-7-14-25)31(27(32(37)38)21-41-34(2,3)4)30(22)24-11-8-16-29-23(20-24)12-10-18-40-29/h5-8,11,13-14,16,20,22,27,29H,9-10,12,15,17-19,21H2,1-4H3,(H,35,39)(H,37,38). The van der Waals surface area contributed by atoms with E-state index in [1.54, 1.807) is 0 Å². The van der Waals surface area contributed by atoms with Crippen molar-refractivity contribution < 1.29 is 24.2 Å². The summed E-state index contributed by atoms with van der Waals surface area (Å²) in [5.41, 5.74) is 6.25. The van der Waals surface area contributed by atoms with Crippen molar-refractivity contribution in [1.29, 1.82) is 0 Å². The number of aliphatic carboxylic acids is 1. The first-order valence-corrected chi connectivity index (χ1v) is 14.8. The number of ether oxygens (including phenoxy) is 2. The monoisotopic (exact) mass is 558 g/mol. The molecule has 0 bridgehead atoms. The first-order chi connectivity index (χ1) is 19.6. The Labute approximate surface area is 243 Å². The van der Waals surface area contributed by atoms with Crippen molar-refractivity contribution in [2.75, 3.05) is 25.1 Å². The number of benzene rings is 1. The fourth-order valence-electron chi connectivity index (χ4n) is 6.33. The molecule has 3 unspecified atom stereocenters. The second-order valence-corrected chi connectivity index (χ2v) is 12.3. The van der Waals surface area contributed by atoms with Crippen LogP contribution in [0.3, 0.4) is 0 Å². The van der Waals surface area contributed by atoms with Gasteiger partial charge in [0.05, 0.1) is 18.3 Å². The van der Waals surface area contributed by atoms with Crippen molar-refractivity contribution in [1.82, 2.24) is 4.90 Å². The molecule has 1 fully saturated rings. The van der Waals surface area contributed by atoms with E-state index in [4.69, 9.17) is 9.47 Å². The number of carboxylic acids is 1. The van der Waals surface area contributed by atoms with Crippen molar-refractivity contribution in [2.24, 2.45) is 11.8 Å². The smallest absolute Gasteiger partial charge is 0.326 e. The summed E-state index contributed by atoms with van der Waals surface area (Å²) in [5.74, 6) is -1.77. The normalized spacial score (nSPS) is 23.7. The number of urea groups is 1. The van der Waals surface area contributed by atoms with Crippen LogP contribution in [0.5, 0.6) is 0 Å². The molecule has 7 heteroatoms. The molecular formula is C34H42N2O5. The number of nitrogens with zero attached hydrogens (tertiary/aromatic N) is 1. The molecule has 2 aliphatic heterocycles. The first kappa shape index (κ1) is 29.1. The highest BCUT2D eigenvalue weighted by Crippen LogP contribution is 2.47. The predicted octanol–water partition coefficient (Wildman–Crippen LogP) is 7.02. The largest absolute Gasteiger partial charge is 0.481 e. The highest BCUT2D eigenvalue weighted by Gasteiger charge is 2.40. The van der Waals surface area contributed by atoms with Gasteiger partial charge >= 0.3 is 12.0 Å². The maximum absolute atomic E-state index is 13.6. The van der Waals surface area contributed by atoms with E-state index in [9.17, 15) is 14.7 Å². The summed E-state index contributed by atoms with van der Waals surface area (Å²) in [7, 11) is 0. The van der Waals surface area contributed by atoms with Gasteiger partial charge in [0.1, 0.15) is 5.92 Å². The fourth-order valence-corrected chi connectivity index (χ4v) is 6.33. The fraction of sp³-hybridized carbons (Fsp3) is 0.471. The van der Waals surface area contributed by atoms with Crippen molar-refractivity contribution in [3.8, 4) is 0 Å². The van der Waals surface area contributed by atoms with Crippen LogP contribution in [0.15, 0.2) is 88.2 Å². The third-order valence-electron chi connectivity index (χ3n) is 8.18. The van der Waals surface area contributed by atoms with Crippen molar-refractivity contribution in [2.45, 2.75) is 71.5 Å². The Morgan fingerprint density at radius 2 is 1.95 bits per heavy atom. The van der Waals surface area contributed by atoms with Crippen molar-refractivity contribution in [3.05, 3.63) is 88.2 Å². The number of carboxylic acid groups (broad SMARTS) is 1. The summed E-state index contributed by atoms with van der Waals surface area (Å²) in [4.78, 5) is 28.4. The molecule has 2 amide bonds. The molecule has 218 valence electrons. The van der Waals surface area contributed by atoms with E-state index in [0.29, 0.717) is 13.0 Å². The van der Waals surface area contributed by atoms with Crippen LogP contribution < -0.4 is 5.32 Å². The van der Waals surface area contributed by atoms with Gasteiger partial charge in [0.25, 0.3) is 0 Å². The molecule has 0 saturated carbocycles.